The van der Waals surface area contributed by atoms with Gasteiger partial charge in [0, 0.05) is 20.1 Å². The first-order valence-electron chi connectivity index (χ1n) is 5.41. The molecule has 5 heteroatoms. The van der Waals surface area contributed by atoms with Crippen LogP contribution in [0.1, 0.15) is 39.5 Å². The highest BCUT2D eigenvalue weighted by Gasteiger charge is 2.20. The standard InChI is InChI=1S/C11H21NO4/c1-11(2,16-3)8-9(13)12-7-5-4-6-10(14)15/h4-8H2,1-3H3,(H,12,13)(H,14,15). The van der Waals surface area contributed by atoms with Gasteiger partial charge in [0.1, 0.15) is 0 Å². The van der Waals surface area contributed by atoms with Crippen molar-refractivity contribution in [3.8, 4) is 0 Å². The maximum atomic E-state index is 11.4. The molecule has 0 rings (SSSR count). The number of carboxylic acid groups (broad SMARTS) is 1. The summed E-state index contributed by atoms with van der Waals surface area (Å²) < 4.78 is 5.13. The number of aliphatic carboxylic acids is 1. The van der Waals surface area contributed by atoms with Crippen LogP contribution in [0, 0.1) is 0 Å². The third kappa shape index (κ3) is 8.23. The SMILES string of the molecule is COC(C)(C)CC(=O)NCCCCC(=O)O. The Bertz CT molecular complexity index is 238. The lowest BCUT2D eigenvalue weighted by atomic mass is 10.0. The molecule has 0 bridgehead atoms. The van der Waals surface area contributed by atoms with Crippen molar-refractivity contribution in [1.29, 1.82) is 0 Å². The second-order valence-electron chi connectivity index (χ2n) is 4.34. The molecule has 0 aromatic rings. The highest BCUT2D eigenvalue weighted by Crippen LogP contribution is 2.12. The Morgan fingerprint density at radius 3 is 2.44 bits per heavy atom. The Morgan fingerprint density at radius 2 is 1.94 bits per heavy atom. The molecule has 5 nitrogen and oxygen atoms in total. The molecular formula is C11H21NO4. The number of carbonyl (C=O) groups is 2. The van der Waals surface area contributed by atoms with Gasteiger partial charge in [-0.25, -0.2) is 0 Å². The van der Waals surface area contributed by atoms with E-state index in [4.69, 9.17) is 9.84 Å². The highest BCUT2D eigenvalue weighted by atomic mass is 16.5. The molecule has 0 unspecified atom stereocenters. The lowest BCUT2D eigenvalue weighted by molar-refractivity contribution is -0.137. The first-order valence-corrected chi connectivity index (χ1v) is 5.41. The average molecular weight is 231 g/mol. The topological polar surface area (TPSA) is 75.6 Å². The van der Waals surface area contributed by atoms with E-state index in [1.165, 1.54) is 0 Å². The molecule has 0 fully saturated rings. The Kier molecular flexibility index (Phi) is 6.72. The van der Waals surface area contributed by atoms with Crippen LogP contribution in [0.4, 0.5) is 0 Å². The predicted molar refractivity (Wildman–Crippen MR) is 60.2 cm³/mol. The lowest BCUT2D eigenvalue weighted by Crippen LogP contribution is -2.34. The quantitative estimate of drug-likeness (QED) is 0.615. The first kappa shape index (κ1) is 14.9. The van der Waals surface area contributed by atoms with Gasteiger partial charge in [0.15, 0.2) is 0 Å². The van der Waals surface area contributed by atoms with E-state index >= 15 is 0 Å². The number of carboxylic acids is 1. The number of rotatable bonds is 8. The van der Waals surface area contributed by atoms with Crippen LogP contribution in [0.2, 0.25) is 0 Å². The van der Waals surface area contributed by atoms with Crippen LogP contribution in [0.25, 0.3) is 0 Å². The summed E-state index contributed by atoms with van der Waals surface area (Å²) in [5, 5.41) is 11.1. The van der Waals surface area contributed by atoms with E-state index in [0.717, 1.165) is 0 Å². The monoisotopic (exact) mass is 231 g/mol. The summed E-state index contributed by atoms with van der Waals surface area (Å²) in [6, 6.07) is 0. The van der Waals surface area contributed by atoms with Crippen LogP contribution in [-0.2, 0) is 14.3 Å². The second kappa shape index (κ2) is 7.22. The molecule has 0 aromatic heterocycles. The van der Waals surface area contributed by atoms with E-state index in [1.54, 1.807) is 7.11 Å². The molecule has 16 heavy (non-hydrogen) atoms. The summed E-state index contributed by atoms with van der Waals surface area (Å²) in [5.74, 6) is -0.867. The smallest absolute Gasteiger partial charge is 0.303 e. The Morgan fingerprint density at radius 1 is 1.31 bits per heavy atom. The van der Waals surface area contributed by atoms with Crippen LogP contribution < -0.4 is 5.32 Å². The van der Waals surface area contributed by atoms with Gasteiger partial charge in [-0.3, -0.25) is 9.59 Å². The first-order chi connectivity index (χ1) is 7.37. The molecule has 0 aliphatic rings. The van der Waals surface area contributed by atoms with Gasteiger partial charge in [-0.2, -0.15) is 0 Å². The number of nitrogens with one attached hydrogen (secondary N) is 1. The number of unbranched alkanes of at least 4 members (excludes halogenated alkanes) is 1. The van der Waals surface area contributed by atoms with Gasteiger partial charge in [-0.05, 0) is 26.7 Å². The van der Waals surface area contributed by atoms with E-state index in [-0.39, 0.29) is 12.3 Å². The zero-order chi connectivity index (χ0) is 12.6. The summed E-state index contributed by atoms with van der Waals surface area (Å²) in [6.07, 6.45) is 1.73. The number of ether oxygens (including phenoxy) is 1. The average Bonchev–Trinajstić information content (AvgIpc) is 2.16. The zero-order valence-electron chi connectivity index (χ0n) is 10.2. The molecule has 0 aromatic carbocycles. The zero-order valence-corrected chi connectivity index (χ0v) is 10.2. The minimum absolute atomic E-state index is 0.0674. The van der Waals surface area contributed by atoms with Gasteiger partial charge in [-0.15, -0.1) is 0 Å². The minimum atomic E-state index is -0.799. The van der Waals surface area contributed by atoms with Crippen molar-refractivity contribution in [2.75, 3.05) is 13.7 Å². The molecular weight excluding hydrogens is 210 g/mol. The van der Waals surface area contributed by atoms with Crippen LogP contribution in [0.3, 0.4) is 0 Å². The van der Waals surface area contributed by atoms with E-state index in [2.05, 4.69) is 5.32 Å². The molecule has 0 radical (unpaired) electrons. The Hall–Kier alpha value is -1.10. The van der Waals surface area contributed by atoms with Crippen molar-refractivity contribution in [3.63, 3.8) is 0 Å². The van der Waals surface area contributed by atoms with Gasteiger partial charge >= 0.3 is 5.97 Å². The number of amides is 1. The fraction of sp³-hybridized carbons (Fsp3) is 0.818. The molecule has 0 saturated carbocycles. The highest BCUT2D eigenvalue weighted by molar-refractivity contribution is 5.76. The van der Waals surface area contributed by atoms with Crippen LogP contribution >= 0.6 is 0 Å². The maximum Gasteiger partial charge on any atom is 0.303 e. The predicted octanol–water partition coefficient (Wildman–Crippen LogP) is 1.17. The second-order valence-corrected chi connectivity index (χ2v) is 4.34. The van der Waals surface area contributed by atoms with Crippen molar-refractivity contribution >= 4 is 11.9 Å². The van der Waals surface area contributed by atoms with E-state index in [1.807, 2.05) is 13.8 Å². The van der Waals surface area contributed by atoms with Gasteiger partial charge in [0.2, 0.25) is 5.91 Å². The maximum absolute atomic E-state index is 11.4. The molecule has 1 amide bonds. The van der Waals surface area contributed by atoms with Crippen molar-refractivity contribution in [3.05, 3.63) is 0 Å². The summed E-state index contributed by atoms with van der Waals surface area (Å²) in [6.45, 7) is 4.21. The van der Waals surface area contributed by atoms with Gasteiger partial charge < -0.3 is 15.2 Å². The number of hydrogen-bond acceptors (Lipinski definition) is 3. The van der Waals surface area contributed by atoms with Crippen molar-refractivity contribution in [2.24, 2.45) is 0 Å². The molecule has 0 aliphatic heterocycles. The van der Waals surface area contributed by atoms with Gasteiger partial charge in [-0.1, -0.05) is 0 Å². The van der Waals surface area contributed by atoms with Crippen molar-refractivity contribution < 1.29 is 19.4 Å². The Labute approximate surface area is 96.2 Å². The summed E-state index contributed by atoms with van der Waals surface area (Å²) in [4.78, 5) is 21.6. The third-order valence-electron chi connectivity index (χ3n) is 2.28. The number of hydrogen-bond donors (Lipinski definition) is 2. The van der Waals surface area contributed by atoms with E-state index in [0.29, 0.717) is 25.8 Å². The molecule has 94 valence electrons. The Balaban J connectivity index is 3.55. The van der Waals surface area contributed by atoms with Crippen molar-refractivity contribution in [1.82, 2.24) is 5.32 Å². The minimum Gasteiger partial charge on any atom is -0.481 e. The third-order valence-corrected chi connectivity index (χ3v) is 2.28. The lowest BCUT2D eigenvalue weighted by Gasteiger charge is -2.21. The molecule has 0 atom stereocenters. The molecule has 2 N–H and O–H groups in total. The van der Waals surface area contributed by atoms with E-state index in [9.17, 15) is 9.59 Å². The molecule has 0 aliphatic carbocycles. The van der Waals surface area contributed by atoms with Crippen molar-refractivity contribution in [2.45, 2.75) is 45.1 Å². The van der Waals surface area contributed by atoms with Crippen LogP contribution in [-0.4, -0.2) is 36.2 Å². The van der Waals surface area contributed by atoms with Crippen LogP contribution in [0.15, 0.2) is 0 Å². The molecule has 0 heterocycles. The number of carbonyl (C=O) groups excluding carboxylic acids is 1. The number of methoxy groups -OCH3 is 1. The fourth-order valence-electron chi connectivity index (χ4n) is 1.15. The van der Waals surface area contributed by atoms with Gasteiger partial charge in [0.05, 0.1) is 12.0 Å². The van der Waals surface area contributed by atoms with Gasteiger partial charge in [0.25, 0.3) is 0 Å². The normalized spacial score (nSPS) is 11.2. The van der Waals surface area contributed by atoms with E-state index < -0.39 is 11.6 Å². The largest absolute Gasteiger partial charge is 0.481 e. The fourth-order valence-corrected chi connectivity index (χ4v) is 1.15. The van der Waals surface area contributed by atoms with Crippen LogP contribution in [0.5, 0.6) is 0 Å². The molecule has 0 saturated heterocycles. The molecule has 0 spiro atoms. The summed E-state index contributed by atoms with van der Waals surface area (Å²) in [5.41, 5.74) is -0.453. The summed E-state index contributed by atoms with van der Waals surface area (Å²) >= 11 is 0. The summed E-state index contributed by atoms with van der Waals surface area (Å²) in [7, 11) is 1.57.